The number of aryl methyl sites for hydroxylation is 1. The number of hydrogen-bond acceptors (Lipinski definition) is 5. The molecule has 2 aromatic carbocycles. The van der Waals surface area contributed by atoms with E-state index in [1.54, 1.807) is 17.0 Å². The van der Waals surface area contributed by atoms with E-state index in [1.165, 1.54) is 0 Å². The highest BCUT2D eigenvalue weighted by Gasteiger charge is 2.31. The summed E-state index contributed by atoms with van der Waals surface area (Å²) in [6.45, 7) is 1.82. The number of nitrogens with zero attached hydrogens (tertiary/aromatic N) is 2. The Kier molecular flexibility index (Phi) is 4.39. The maximum atomic E-state index is 12.9. The molecule has 0 aliphatic carbocycles. The number of carbonyl (C=O) groups excluding carboxylic acids is 1. The number of furan rings is 1. The third-order valence-corrected chi connectivity index (χ3v) is 7.32. The van der Waals surface area contributed by atoms with Crippen molar-refractivity contribution in [3.8, 4) is 0 Å². The summed E-state index contributed by atoms with van der Waals surface area (Å²) in [5.41, 5.74) is 2.29. The van der Waals surface area contributed by atoms with Crippen LogP contribution in [-0.2, 0) is 21.1 Å². The van der Waals surface area contributed by atoms with Crippen LogP contribution in [0.15, 0.2) is 53.1 Å². The molecule has 1 atom stereocenters. The number of hydrogen-bond donors (Lipinski definition) is 1. The molecule has 1 aliphatic heterocycles. The van der Waals surface area contributed by atoms with Gasteiger partial charge in [-0.15, -0.1) is 0 Å². The molecule has 30 heavy (non-hydrogen) atoms. The van der Waals surface area contributed by atoms with Crippen LogP contribution in [0.3, 0.4) is 0 Å². The Bertz CT molecular complexity index is 1380. The molecule has 2 aromatic heterocycles. The van der Waals surface area contributed by atoms with Crippen molar-refractivity contribution >= 4 is 43.3 Å². The normalized spacial score (nSPS) is 18.2. The van der Waals surface area contributed by atoms with Gasteiger partial charge in [0.05, 0.1) is 35.9 Å². The predicted molar refractivity (Wildman–Crippen MR) is 115 cm³/mol. The summed E-state index contributed by atoms with van der Waals surface area (Å²) in [5.74, 6) is 0.526. The summed E-state index contributed by atoms with van der Waals surface area (Å²) in [6, 6.07) is 13.4. The number of nitrogens with one attached hydrogen (secondary N) is 1. The molecule has 1 aliphatic rings. The van der Waals surface area contributed by atoms with E-state index >= 15 is 0 Å². The molecule has 0 bridgehead atoms. The van der Waals surface area contributed by atoms with Gasteiger partial charge in [-0.3, -0.25) is 4.79 Å². The molecule has 0 spiro atoms. The van der Waals surface area contributed by atoms with Crippen LogP contribution in [0.5, 0.6) is 0 Å². The summed E-state index contributed by atoms with van der Waals surface area (Å²) in [4.78, 5) is 12.9. The number of carbonyl (C=O) groups is 1. The highest BCUT2D eigenvalue weighted by atomic mass is 32.2. The molecular formula is C22H21N3O4S. The zero-order valence-electron chi connectivity index (χ0n) is 16.5. The lowest BCUT2D eigenvalue weighted by Gasteiger charge is -2.13. The van der Waals surface area contributed by atoms with E-state index in [1.807, 2.05) is 43.3 Å². The average Bonchev–Trinajstić information content (AvgIpc) is 3.38. The third kappa shape index (κ3) is 3.37. The second kappa shape index (κ2) is 6.98. The Morgan fingerprint density at radius 3 is 2.90 bits per heavy atom. The number of anilines is 1. The highest BCUT2D eigenvalue weighted by Crippen LogP contribution is 2.31. The van der Waals surface area contributed by atoms with Crippen LogP contribution in [0.25, 0.3) is 21.7 Å². The minimum atomic E-state index is -3.05. The first-order chi connectivity index (χ1) is 14.4. The van der Waals surface area contributed by atoms with Crippen LogP contribution in [0, 0.1) is 6.92 Å². The van der Waals surface area contributed by atoms with Gasteiger partial charge in [0.25, 0.3) is 0 Å². The molecule has 1 fully saturated rings. The van der Waals surface area contributed by atoms with Gasteiger partial charge < -0.3 is 9.73 Å². The molecule has 1 saturated heterocycles. The first-order valence-corrected chi connectivity index (χ1v) is 11.7. The van der Waals surface area contributed by atoms with Gasteiger partial charge in [0.1, 0.15) is 11.4 Å². The lowest BCUT2D eigenvalue weighted by Crippen LogP contribution is -2.20. The molecule has 154 valence electrons. The van der Waals surface area contributed by atoms with Crippen molar-refractivity contribution in [3.63, 3.8) is 0 Å². The van der Waals surface area contributed by atoms with Crippen molar-refractivity contribution in [2.45, 2.75) is 25.8 Å². The SMILES string of the molecule is Cc1cc(NC(=O)Cc2coc3ccc4ccccc4c23)n(C2CCS(=O)(=O)C2)n1. The fourth-order valence-corrected chi connectivity index (χ4v) is 5.91. The minimum absolute atomic E-state index is 0.0509. The molecule has 8 heteroatoms. The first-order valence-electron chi connectivity index (χ1n) is 9.84. The molecule has 0 saturated carbocycles. The lowest BCUT2D eigenvalue weighted by atomic mass is 10.0. The monoisotopic (exact) mass is 423 g/mol. The molecule has 1 N–H and O–H groups in total. The number of rotatable bonds is 4. The van der Waals surface area contributed by atoms with Gasteiger partial charge in [-0.05, 0) is 30.2 Å². The van der Waals surface area contributed by atoms with Crippen molar-refractivity contribution in [1.29, 1.82) is 0 Å². The van der Waals surface area contributed by atoms with Gasteiger partial charge in [-0.2, -0.15) is 5.10 Å². The molecule has 7 nitrogen and oxygen atoms in total. The second-order valence-electron chi connectivity index (χ2n) is 7.82. The Labute approximate surface area is 173 Å². The Hall–Kier alpha value is -3.13. The molecule has 4 aromatic rings. The fraction of sp³-hybridized carbons (Fsp3) is 0.273. The Morgan fingerprint density at radius 2 is 2.10 bits per heavy atom. The van der Waals surface area contributed by atoms with E-state index in [-0.39, 0.29) is 29.9 Å². The zero-order valence-corrected chi connectivity index (χ0v) is 17.3. The quantitative estimate of drug-likeness (QED) is 0.541. The van der Waals surface area contributed by atoms with Crippen molar-refractivity contribution in [2.24, 2.45) is 0 Å². The molecule has 0 radical (unpaired) electrons. The van der Waals surface area contributed by atoms with Crippen LogP contribution in [0.4, 0.5) is 5.82 Å². The van der Waals surface area contributed by atoms with Crippen LogP contribution in [0.1, 0.15) is 23.7 Å². The van der Waals surface area contributed by atoms with Crippen LogP contribution < -0.4 is 5.32 Å². The number of benzene rings is 2. The standard InChI is InChI=1S/C22H21N3O4S/c1-14-10-20(25(24-14)17-8-9-30(27,28)13-17)23-21(26)11-16-12-29-19-7-6-15-4-2-3-5-18(15)22(16)19/h2-7,10,12,17H,8-9,11,13H2,1H3,(H,23,26). The highest BCUT2D eigenvalue weighted by molar-refractivity contribution is 7.91. The van der Waals surface area contributed by atoms with Crippen LogP contribution in [0.2, 0.25) is 0 Å². The number of aromatic nitrogens is 2. The number of fused-ring (bicyclic) bond motifs is 3. The summed E-state index contributed by atoms with van der Waals surface area (Å²) in [7, 11) is -3.05. The van der Waals surface area contributed by atoms with E-state index < -0.39 is 9.84 Å². The first kappa shape index (κ1) is 18.9. The summed E-state index contributed by atoms with van der Waals surface area (Å²) < 4.78 is 31.0. The molecule has 1 unspecified atom stereocenters. The van der Waals surface area contributed by atoms with Crippen molar-refractivity contribution in [2.75, 3.05) is 16.8 Å². The van der Waals surface area contributed by atoms with Crippen molar-refractivity contribution in [3.05, 3.63) is 60.0 Å². The maximum absolute atomic E-state index is 12.9. The summed E-state index contributed by atoms with van der Waals surface area (Å²) >= 11 is 0. The van der Waals surface area contributed by atoms with Gasteiger partial charge in [0.15, 0.2) is 9.84 Å². The van der Waals surface area contributed by atoms with Gasteiger partial charge >= 0.3 is 0 Å². The van der Waals surface area contributed by atoms with E-state index in [9.17, 15) is 13.2 Å². The molecule has 5 rings (SSSR count). The predicted octanol–water partition coefficient (Wildman–Crippen LogP) is 3.63. The average molecular weight is 423 g/mol. The second-order valence-corrected chi connectivity index (χ2v) is 10.0. The van der Waals surface area contributed by atoms with E-state index in [0.29, 0.717) is 12.2 Å². The van der Waals surface area contributed by atoms with Gasteiger partial charge in [-0.25, -0.2) is 13.1 Å². The third-order valence-electron chi connectivity index (χ3n) is 5.57. The van der Waals surface area contributed by atoms with Gasteiger partial charge in [0.2, 0.25) is 5.91 Å². The van der Waals surface area contributed by atoms with Crippen molar-refractivity contribution in [1.82, 2.24) is 9.78 Å². The van der Waals surface area contributed by atoms with Crippen LogP contribution in [-0.4, -0.2) is 35.6 Å². The number of amides is 1. The maximum Gasteiger partial charge on any atom is 0.230 e. The number of sulfone groups is 1. The van der Waals surface area contributed by atoms with E-state index in [2.05, 4.69) is 10.4 Å². The largest absolute Gasteiger partial charge is 0.464 e. The summed E-state index contributed by atoms with van der Waals surface area (Å²) in [6.07, 6.45) is 2.28. The smallest absolute Gasteiger partial charge is 0.230 e. The minimum Gasteiger partial charge on any atom is -0.464 e. The van der Waals surface area contributed by atoms with Gasteiger partial charge in [0, 0.05) is 17.0 Å². The lowest BCUT2D eigenvalue weighted by molar-refractivity contribution is -0.115. The zero-order chi connectivity index (χ0) is 20.9. The van der Waals surface area contributed by atoms with Gasteiger partial charge in [-0.1, -0.05) is 30.3 Å². The fourth-order valence-electron chi connectivity index (χ4n) is 4.22. The Morgan fingerprint density at radius 1 is 1.27 bits per heavy atom. The van der Waals surface area contributed by atoms with Crippen LogP contribution >= 0.6 is 0 Å². The Balaban J connectivity index is 1.42. The van der Waals surface area contributed by atoms with E-state index in [0.717, 1.165) is 33.0 Å². The summed E-state index contributed by atoms with van der Waals surface area (Å²) in [5, 5.41) is 10.4. The van der Waals surface area contributed by atoms with E-state index in [4.69, 9.17) is 4.42 Å². The van der Waals surface area contributed by atoms with Crippen molar-refractivity contribution < 1.29 is 17.6 Å². The molecule has 3 heterocycles. The topological polar surface area (TPSA) is 94.2 Å². The molecular weight excluding hydrogens is 402 g/mol. The molecule has 1 amide bonds.